The molecule has 40 valence electrons. The second-order valence-electron chi connectivity index (χ2n) is 1.51. The van der Waals surface area contributed by atoms with E-state index in [4.69, 9.17) is 0 Å². The molecule has 0 nitrogen and oxygen atoms in total. The molecule has 0 unspecified atom stereocenters. The zero-order valence-corrected chi connectivity index (χ0v) is 4.69. The number of hydrogen-bond donors (Lipinski definition) is 0. The quantitative estimate of drug-likeness (QED) is 0.372. The summed E-state index contributed by atoms with van der Waals surface area (Å²) in [6.45, 7) is 7.20. The summed E-state index contributed by atoms with van der Waals surface area (Å²) in [5, 5.41) is 0. The molecule has 0 heteroatoms. The standard InChI is InChI=1S/C7H12/c1-3-5-7-6-4-2/h3-4H,1-2,5-7H2. The van der Waals surface area contributed by atoms with Crippen LogP contribution in [0.1, 0.15) is 19.3 Å². The van der Waals surface area contributed by atoms with Crippen LogP contribution in [0.4, 0.5) is 0 Å². The van der Waals surface area contributed by atoms with Crippen molar-refractivity contribution in [2.24, 2.45) is 0 Å². The maximum absolute atomic E-state index is 3.60. The van der Waals surface area contributed by atoms with Crippen molar-refractivity contribution in [2.45, 2.75) is 19.3 Å². The van der Waals surface area contributed by atoms with Gasteiger partial charge < -0.3 is 0 Å². The summed E-state index contributed by atoms with van der Waals surface area (Å²) in [5.41, 5.74) is 0. The van der Waals surface area contributed by atoms with Crippen LogP contribution in [0.15, 0.2) is 25.3 Å². The van der Waals surface area contributed by atoms with Gasteiger partial charge in [0.1, 0.15) is 0 Å². The van der Waals surface area contributed by atoms with E-state index in [1.165, 1.54) is 6.42 Å². The summed E-state index contributed by atoms with van der Waals surface area (Å²) in [7, 11) is 0. The predicted octanol–water partition coefficient (Wildman–Crippen LogP) is 2.53. The minimum atomic E-state index is 1.12. The van der Waals surface area contributed by atoms with Crippen LogP contribution in [-0.2, 0) is 0 Å². The van der Waals surface area contributed by atoms with Gasteiger partial charge in [-0.25, -0.2) is 0 Å². The van der Waals surface area contributed by atoms with E-state index >= 15 is 0 Å². The molecule has 0 aliphatic carbocycles. The molecular weight excluding hydrogens is 84.1 g/mol. The first kappa shape index (κ1) is 6.48. The molecule has 0 atom stereocenters. The number of unbranched alkanes of at least 4 members (excludes halogenated alkanes) is 2. The molecule has 7 heavy (non-hydrogen) atoms. The molecule has 0 heterocycles. The Kier molecular flexibility index (Phi) is 5.07. The van der Waals surface area contributed by atoms with Crippen molar-refractivity contribution in [1.82, 2.24) is 0 Å². The lowest BCUT2D eigenvalue weighted by molar-refractivity contribution is 0.871. The Morgan fingerprint density at radius 1 is 1.00 bits per heavy atom. The van der Waals surface area contributed by atoms with Crippen molar-refractivity contribution in [1.29, 1.82) is 0 Å². The largest absolute Gasteiger partial charge is 0.103 e. The topological polar surface area (TPSA) is 0 Å². The third-order valence-corrected chi connectivity index (χ3v) is 0.816. The predicted molar refractivity (Wildman–Crippen MR) is 34.2 cm³/mol. The number of rotatable bonds is 4. The molecule has 0 radical (unpaired) electrons. The summed E-state index contributed by atoms with van der Waals surface area (Å²) in [6.07, 6.45) is 7.30. The Bertz CT molecular complexity index is 45.1. The summed E-state index contributed by atoms with van der Waals surface area (Å²) in [5.74, 6) is 0. The first-order valence-electron chi connectivity index (χ1n) is 2.63. The minimum Gasteiger partial charge on any atom is -0.103 e. The summed E-state index contributed by atoms with van der Waals surface area (Å²) >= 11 is 0. The lowest BCUT2D eigenvalue weighted by Gasteiger charge is -1.84. The smallest absolute Gasteiger partial charge is 0.0350 e. The minimum absolute atomic E-state index is 1.12. The molecule has 0 N–H and O–H groups in total. The van der Waals surface area contributed by atoms with Crippen molar-refractivity contribution < 1.29 is 0 Å². The highest BCUT2D eigenvalue weighted by Gasteiger charge is 1.74. The zero-order valence-electron chi connectivity index (χ0n) is 4.69. The Labute approximate surface area is 45.5 Å². The van der Waals surface area contributed by atoms with Crippen molar-refractivity contribution in [3.63, 3.8) is 0 Å². The van der Waals surface area contributed by atoms with Gasteiger partial charge in [0.05, 0.1) is 0 Å². The Hall–Kier alpha value is -0.520. The van der Waals surface area contributed by atoms with Gasteiger partial charge in [0.2, 0.25) is 0 Å². The van der Waals surface area contributed by atoms with E-state index in [-0.39, 0.29) is 0 Å². The first-order valence-corrected chi connectivity index (χ1v) is 2.63. The van der Waals surface area contributed by atoms with Crippen molar-refractivity contribution in [3.05, 3.63) is 25.3 Å². The lowest BCUT2D eigenvalue weighted by Crippen LogP contribution is -1.64. The zero-order chi connectivity index (χ0) is 5.54. The van der Waals surface area contributed by atoms with Crippen LogP contribution >= 0.6 is 0 Å². The fourth-order valence-corrected chi connectivity index (χ4v) is 0.407. The SMILES string of the molecule is C=CCCCC=C. The molecule has 0 saturated carbocycles. The first-order chi connectivity index (χ1) is 3.41. The second-order valence-corrected chi connectivity index (χ2v) is 1.51. The van der Waals surface area contributed by atoms with Crippen LogP contribution in [0.3, 0.4) is 0 Å². The summed E-state index contributed by atoms with van der Waals surface area (Å²) in [6, 6.07) is 0. The maximum atomic E-state index is 3.60. The molecule has 0 rings (SSSR count). The molecule has 0 aromatic rings. The van der Waals surface area contributed by atoms with E-state index < -0.39 is 0 Å². The van der Waals surface area contributed by atoms with Crippen molar-refractivity contribution in [3.8, 4) is 0 Å². The van der Waals surface area contributed by atoms with Gasteiger partial charge >= 0.3 is 0 Å². The van der Waals surface area contributed by atoms with Gasteiger partial charge in [-0.15, -0.1) is 13.2 Å². The van der Waals surface area contributed by atoms with Gasteiger partial charge in [0.25, 0.3) is 0 Å². The van der Waals surface area contributed by atoms with Gasteiger partial charge in [-0.1, -0.05) is 12.2 Å². The fourth-order valence-electron chi connectivity index (χ4n) is 0.407. The van der Waals surface area contributed by atoms with E-state index in [0.717, 1.165) is 12.8 Å². The molecule has 0 aliphatic rings. The van der Waals surface area contributed by atoms with E-state index in [2.05, 4.69) is 13.2 Å². The van der Waals surface area contributed by atoms with Crippen LogP contribution in [-0.4, -0.2) is 0 Å². The number of allylic oxidation sites excluding steroid dienone is 2. The van der Waals surface area contributed by atoms with Crippen LogP contribution in [0.2, 0.25) is 0 Å². The van der Waals surface area contributed by atoms with Crippen LogP contribution in [0.5, 0.6) is 0 Å². The van der Waals surface area contributed by atoms with E-state index in [1.807, 2.05) is 12.2 Å². The number of hydrogen-bond acceptors (Lipinski definition) is 0. The van der Waals surface area contributed by atoms with E-state index in [0.29, 0.717) is 0 Å². The van der Waals surface area contributed by atoms with Crippen LogP contribution in [0.25, 0.3) is 0 Å². The van der Waals surface area contributed by atoms with Crippen LogP contribution < -0.4 is 0 Å². The van der Waals surface area contributed by atoms with E-state index in [1.54, 1.807) is 0 Å². The monoisotopic (exact) mass is 96.1 g/mol. The highest BCUT2D eigenvalue weighted by molar-refractivity contribution is 4.71. The van der Waals surface area contributed by atoms with Crippen LogP contribution in [0, 0.1) is 0 Å². The van der Waals surface area contributed by atoms with Crippen molar-refractivity contribution in [2.75, 3.05) is 0 Å². The molecule has 0 aliphatic heterocycles. The molecule has 0 aromatic carbocycles. The fraction of sp³-hybridized carbons (Fsp3) is 0.429. The maximum Gasteiger partial charge on any atom is -0.0350 e. The molecule has 0 bridgehead atoms. The Morgan fingerprint density at radius 3 is 1.71 bits per heavy atom. The summed E-state index contributed by atoms with van der Waals surface area (Å²) < 4.78 is 0. The van der Waals surface area contributed by atoms with Gasteiger partial charge in [0.15, 0.2) is 0 Å². The highest BCUT2D eigenvalue weighted by atomic mass is 13.8. The molecular formula is C7H12. The second kappa shape index (κ2) is 5.48. The van der Waals surface area contributed by atoms with Gasteiger partial charge in [-0.2, -0.15) is 0 Å². The van der Waals surface area contributed by atoms with Gasteiger partial charge in [-0.3, -0.25) is 0 Å². The third-order valence-electron chi connectivity index (χ3n) is 0.816. The average molecular weight is 96.2 g/mol. The Balaban J connectivity index is 2.68. The normalized spacial score (nSPS) is 8.00. The molecule has 0 fully saturated rings. The summed E-state index contributed by atoms with van der Waals surface area (Å²) in [4.78, 5) is 0. The third kappa shape index (κ3) is 5.48. The highest BCUT2D eigenvalue weighted by Crippen LogP contribution is 1.93. The van der Waals surface area contributed by atoms with Crippen molar-refractivity contribution >= 4 is 0 Å². The molecule has 0 aromatic heterocycles. The van der Waals surface area contributed by atoms with Gasteiger partial charge in [-0.05, 0) is 19.3 Å². The Morgan fingerprint density at radius 2 is 1.43 bits per heavy atom. The average Bonchev–Trinajstić information content (AvgIpc) is 1.69. The molecule has 0 saturated heterocycles. The molecule has 0 amide bonds. The van der Waals surface area contributed by atoms with Gasteiger partial charge in [0, 0.05) is 0 Å². The lowest BCUT2D eigenvalue weighted by atomic mass is 10.2. The molecule has 0 spiro atoms. The van der Waals surface area contributed by atoms with E-state index in [9.17, 15) is 0 Å².